The van der Waals surface area contributed by atoms with Crippen molar-refractivity contribution in [1.82, 2.24) is 0 Å². The average molecular weight is 315 g/mol. The van der Waals surface area contributed by atoms with Crippen LogP contribution in [-0.2, 0) is 0 Å². The Morgan fingerprint density at radius 3 is 2.53 bits per heavy atom. The fourth-order valence-corrected chi connectivity index (χ4v) is 2.41. The van der Waals surface area contributed by atoms with Crippen LogP contribution in [0.2, 0.25) is 0 Å². The molecule has 1 nitrogen and oxygen atoms in total. The van der Waals surface area contributed by atoms with Crippen LogP contribution in [0.3, 0.4) is 0 Å². The van der Waals surface area contributed by atoms with E-state index >= 15 is 0 Å². The van der Waals surface area contributed by atoms with Crippen molar-refractivity contribution >= 4 is 27.8 Å². The van der Waals surface area contributed by atoms with Gasteiger partial charge < -0.3 is 0 Å². The molecular formula is C17H15BrO. The molecule has 0 aliphatic rings. The summed E-state index contributed by atoms with van der Waals surface area (Å²) in [5, 5.41) is 0. The van der Waals surface area contributed by atoms with Crippen molar-refractivity contribution in [3.8, 4) is 0 Å². The lowest BCUT2D eigenvalue weighted by Crippen LogP contribution is -1.95. The minimum atomic E-state index is 0.00690. The highest BCUT2D eigenvalue weighted by molar-refractivity contribution is 9.10. The molecule has 0 saturated heterocycles. The van der Waals surface area contributed by atoms with Gasteiger partial charge in [-0.15, -0.1) is 0 Å². The summed E-state index contributed by atoms with van der Waals surface area (Å²) < 4.78 is 0.824. The minimum Gasteiger partial charge on any atom is -0.289 e. The van der Waals surface area contributed by atoms with Gasteiger partial charge in [0.25, 0.3) is 0 Å². The molecule has 0 atom stereocenters. The Morgan fingerprint density at radius 1 is 1.11 bits per heavy atom. The van der Waals surface area contributed by atoms with E-state index < -0.39 is 0 Å². The summed E-state index contributed by atoms with van der Waals surface area (Å²) in [6.07, 6.45) is 3.49. The lowest BCUT2D eigenvalue weighted by molar-refractivity contribution is 0.104. The zero-order valence-corrected chi connectivity index (χ0v) is 12.6. The third-order valence-corrected chi connectivity index (χ3v) is 3.67. The third-order valence-electron chi connectivity index (χ3n) is 2.98. The van der Waals surface area contributed by atoms with Crippen molar-refractivity contribution in [1.29, 1.82) is 0 Å². The van der Waals surface area contributed by atoms with Gasteiger partial charge in [0, 0.05) is 10.0 Å². The second-order valence-corrected chi connectivity index (χ2v) is 5.39. The van der Waals surface area contributed by atoms with E-state index in [0.717, 1.165) is 10.0 Å². The van der Waals surface area contributed by atoms with Crippen molar-refractivity contribution in [2.75, 3.05) is 0 Å². The maximum atomic E-state index is 12.1. The van der Waals surface area contributed by atoms with Gasteiger partial charge in [0.05, 0.1) is 0 Å². The summed E-state index contributed by atoms with van der Waals surface area (Å²) in [7, 11) is 0. The quantitative estimate of drug-likeness (QED) is 0.578. The number of hydrogen-bond acceptors (Lipinski definition) is 1. The van der Waals surface area contributed by atoms with Crippen LogP contribution >= 0.6 is 15.9 Å². The van der Waals surface area contributed by atoms with Gasteiger partial charge in [-0.2, -0.15) is 0 Å². The molecule has 0 radical (unpaired) electrons. The summed E-state index contributed by atoms with van der Waals surface area (Å²) in [6.45, 7) is 4.11. The van der Waals surface area contributed by atoms with Crippen molar-refractivity contribution in [3.05, 3.63) is 75.3 Å². The highest BCUT2D eigenvalue weighted by atomic mass is 79.9. The molecule has 2 aromatic rings. The number of aryl methyl sites for hydroxylation is 2. The van der Waals surface area contributed by atoms with Crippen LogP contribution in [0.15, 0.2) is 53.0 Å². The lowest BCUT2D eigenvalue weighted by atomic mass is 10.0. The van der Waals surface area contributed by atoms with E-state index in [1.807, 2.05) is 36.4 Å². The van der Waals surface area contributed by atoms with Crippen LogP contribution in [0.4, 0.5) is 0 Å². The molecule has 96 valence electrons. The van der Waals surface area contributed by atoms with Crippen LogP contribution in [0.25, 0.3) is 6.08 Å². The molecule has 2 rings (SSSR count). The van der Waals surface area contributed by atoms with Crippen LogP contribution in [-0.4, -0.2) is 5.78 Å². The van der Waals surface area contributed by atoms with Gasteiger partial charge >= 0.3 is 0 Å². The first-order valence-corrected chi connectivity index (χ1v) is 6.91. The molecule has 19 heavy (non-hydrogen) atoms. The highest BCUT2D eigenvalue weighted by Crippen LogP contribution is 2.18. The Bertz CT molecular complexity index is 641. The number of ketones is 1. The Morgan fingerprint density at radius 2 is 1.84 bits per heavy atom. The molecule has 0 saturated carbocycles. The van der Waals surface area contributed by atoms with Crippen LogP contribution in [0, 0.1) is 13.8 Å². The van der Waals surface area contributed by atoms with Crippen molar-refractivity contribution in [2.24, 2.45) is 0 Å². The van der Waals surface area contributed by atoms with E-state index in [4.69, 9.17) is 0 Å². The second-order valence-electron chi connectivity index (χ2n) is 4.54. The number of hydrogen-bond donors (Lipinski definition) is 0. The first-order chi connectivity index (χ1) is 9.08. The normalized spacial score (nSPS) is 10.9. The summed E-state index contributed by atoms with van der Waals surface area (Å²) in [5.74, 6) is 0.00690. The van der Waals surface area contributed by atoms with Crippen molar-refractivity contribution < 1.29 is 4.79 Å². The summed E-state index contributed by atoms with van der Waals surface area (Å²) in [4.78, 5) is 12.1. The fourth-order valence-electron chi connectivity index (χ4n) is 1.93. The Hall–Kier alpha value is -1.67. The molecule has 0 fully saturated rings. The number of rotatable bonds is 3. The van der Waals surface area contributed by atoms with E-state index in [0.29, 0.717) is 5.56 Å². The van der Waals surface area contributed by atoms with Gasteiger partial charge in [-0.1, -0.05) is 57.9 Å². The number of benzene rings is 2. The Labute approximate surface area is 122 Å². The first kappa shape index (κ1) is 13.8. The van der Waals surface area contributed by atoms with Gasteiger partial charge in [-0.05, 0) is 43.2 Å². The molecular weight excluding hydrogens is 300 g/mol. The van der Waals surface area contributed by atoms with Gasteiger partial charge in [-0.25, -0.2) is 0 Å². The monoisotopic (exact) mass is 314 g/mol. The van der Waals surface area contributed by atoms with Crippen molar-refractivity contribution in [2.45, 2.75) is 13.8 Å². The largest absolute Gasteiger partial charge is 0.289 e. The summed E-state index contributed by atoms with van der Waals surface area (Å²) in [6, 6.07) is 13.7. The number of halogens is 1. The molecule has 2 aromatic carbocycles. The molecule has 0 aliphatic carbocycles. The van der Waals surface area contributed by atoms with E-state index in [-0.39, 0.29) is 5.78 Å². The van der Waals surface area contributed by atoms with Gasteiger partial charge in [-0.3, -0.25) is 4.79 Å². The highest BCUT2D eigenvalue weighted by Gasteiger charge is 2.05. The molecule has 0 aromatic heterocycles. The maximum Gasteiger partial charge on any atom is 0.186 e. The van der Waals surface area contributed by atoms with Crippen molar-refractivity contribution in [3.63, 3.8) is 0 Å². The number of carbonyl (C=O) groups excluding carboxylic acids is 1. The summed E-state index contributed by atoms with van der Waals surface area (Å²) in [5.41, 5.74) is 4.16. The zero-order chi connectivity index (χ0) is 13.8. The van der Waals surface area contributed by atoms with E-state index in [1.165, 1.54) is 11.1 Å². The first-order valence-electron chi connectivity index (χ1n) is 6.12. The Balaban J connectivity index is 2.24. The third kappa shape index (κ3) is 3.42. The fraction of sp³-hybridized carbons (Fsp3) is 0.118. The molecule has 0 heterocycles. The average Bonchev–Trinajstić information content (AvgIpc) is 2.38. The molecule has 0 spiro atoms. The summed E-state index contributed by atoms with van der Waals surface area (Å²) >= 11 is 3.39. The molecule has 0 amide bonds. The Kier molecular flexibility index (Phi) is 4.33. The van der Waals surface area contributed by atoms with E-state index in [9.17, 15) is 4.79 Å². The number of allylic oxidation sites excluding steroid dienone is 1. The molecule has 0 unspecified atom stereocenters. The maximum absolute atomic E-state index is 12.1. The van der Waals surface area contributed by atoms with E-state index in [1.54, 1.807) is 6.08 Å². The van der Waals surface area contributed by atoms with Crippen LogP contribution in [0.5, 0.6) is 0 Å². The smallest absolute Gasteiger partial charge is 0.186 e. The predicted octanol–water partition coefficient (Wildman–Crippen LogP) is 4.96. The number of carbonyl (C=O) groups is 1. The topological polar surface area (TPSA) is 17.1 Å². The van der Waals surface area contributed by atoms with Gasteiger partial charge in [0.1, 0.15) is 0 Å². The molecule has 0 N–H and O–H groups in total. The molecule has 0 bridgehead atoms. The van der Waals surface area contributed by atoms with Gasteiger partial charge in [0.2, 0.25) is 0 Å². The second kappa shape index (κ2) is 5.98. The predicted molar refractivity (Wildman–Crippen MR) is 83.4 cm³/mol. The van der Waals surface area contributed by atoms with Gasteiger partial charge in [0.15, 0.2) is 5.78 Å². The van der Waals surface area contributed by atoms with Crippen LogP contribution < -0.4 is 0 Å². The van der Waals surface area contributed by atoms with Crippen LogP contribution in [0.1, 0.15) is 27.0 Å². The zero-order valence-electron chi connectivity index (χ0n) is 11.0. The standard InChI is InChI=1S/C17H15BrO/c1-12-7-8-14(13(2)11-12)9-10-17(19)15-5-3-4-6-16(15)18/h3-11H,1-2H3/b10-9+. The lowest BCUT2D eigenvalue weighted by Gasteiger charge is -2.02. The SMILES string of the molecule is Cc1ccc(/C=C/C(=O)c2ccccc2Br)c(C)c1. The minimum absolute atomic E-state index is 0.00690. The van der Waals surface area contributed by atoms with E-state index in [2.05, 4.69) is 41.9 Å². The molecule has 0 aliphatic heterocycles. The molecule has 2 heteroatoms.